The van der Waals surface area contributed by atoms with E-state index in [4.69, 9.17) is 0 Å². The fourth-order valence-corrected chi connectivity index (χ4v) is 2.34. The molecule has 0 spiro atoms. The number of guanidine groups is 1. The Morgan fingerprint density at radius 2 is 1.91 bits per heavy atom. The third-order valence-corrected chi connectivity index (χ3v) is 3.70. The minimum Gasteiger partial charge on any atom is -0.356 e. The molecule has 1 heterocycles. The van der Waals surface area contributed by atoms with Crippen LogP contribution in [0.15, 0.2) is 48.0 Å². The highest BCUT2D eigenvalue weighted by Crippen LogP contribution is 2.06. The van der Waals surface area contributed by atoms with Crippen molar-refractivity contribution >= 4 is 5.96 Å². The maximum absolute atomic E-state index is 4.25. The molecule has 23 heavy (non-hydrogen) atoms. The first-order valence-corrected chi connectivity index (χ1v) is 8.30. The molecular weight excluding hydrogens is 286 g/mol. The summed E-state index contributed by atoms with van der Waals surface area (Å²) < 4.78 is 2.06. The summed E-state index contributed by atoms with van der Waals surface area (Å²) in [4.78, 5) is 8.32. The third-order valence-electron chi connectivity index (χ3n) is 3.70. The highest BCUT2D eigenvalue weighted by molar-refractivity contribution is 5.79. The fourth-order valence-electron chi connectivity index (χ4n) is 2.34. The number of aliphatic imine (C=N–C) groups is 1. The number of imidazole rings is 1. The van der Waals surface area contributed by atoms with Crippen LogP contribution in [0, 0.1) is 0 Å². The van der Waals surface area contributed by atoms with Gasteiger partial charge >= 0.3 is 0 Å². The van der Waals surface area contributed by atoms with Crippen LogP contribution in [0.4, 0.5) is 0 Å². The summed E-state index contributed by atoms with van der Waals surface area (Å²) in [6.07, 6.45) is 9.28. The van der Waals surface area contributed by atoms with Crippen molar-refractivity contribution in [2.45, 2.75) is 39.3 Å². The number of nitrogens with one attached hydrogen (secondary N) is 2. The van der Waals surface area contributed by atoms with Gasteiger partial charge in [-0.3, -0.25) is 4.99 Å². The Bertz CT molecular complexity index is 572. The van der Waals surface area contributed by atoms with Gasteiger partial charge in [-0.05, 0) is 17.5 Å². The molecule has 2 aromatic rings. The summed E-state index contributed by atoms with van der Waals surface area (Å²) in [5.41, 5.74) is 2.52. The van der Waals surface area contributed by atoms with Crippen LogP contribution in [-0.2, 0) is 13.1 Å². The molecule has 0 aliphatic heterocycles. The first-order valence-electron chi connectivity index (χ1n) is 8.30. The predicted molar refractivity (Wildman–Crippen MR) is 95.5 cm³/mol. The van der Waals surface area contributed by atoms with E-state index < -0.39 is 0 Å². The number of unbranched alkanes of at least 4 members (excludes halogenated alkanes) is 2. The van der Waals surface area contributed by atoms with Crippen molar-refractivity contribution in [3.63, 3.8) is 0 Å². The molecule has 124 valence electrons. The summed E-state index contributed by atoms with van der Waals surface area (Å²) in [6.45, 7) is 4.81. The van der Waals surface area contributed by atoms with E-state index in [1.807, 2.05) is 19.6 Å². The molecule has 0 atom stereocenters. The number of nitrogens with zero attached hydrogens (tertiary/aromatic N) is 3. The average Bonchev–Trinajstić information content (AvgIpc) is 3.08. The maximum atomic E-state index is 4.25. The SMILES string of the molecule is CCCCCNC(=NC)NCc1ccc(Cn2ccnc2)cc1. The fraction of sp³-hybridized carbons (Fsp3) is 0.444. The van der Waals surface area contributed by atoms with Crippen molar-refractivity contribution in [3.8, 4) is 0 Å². The highest BCUT2D eigenvalue weighted by Gasteiger charge is 1.99. The minimum absolute atomic E-state index is 0.777. The predicted octanol–water partition coefficient (Wildman–Crippen LogP) is 2.79. The van der Waals surface area contributed by atoms with Gasteiger partial charge in [0.05, 0.1) is 6.33 Å². The number of rotatable bonds is 8. The van der Waals surface area contributed by atoms with E-state index in [9.17, 15) is 0 Å². The van der Waals surface area contributed by atoms with Gasteiger partial charge in [0.1, 0.15) is 0 Å². The second-order valence-corrected chi connectivity index (χ2v) is 5.61. The molecule has 0 saturated heterocycles. The van der Waals surface area contributed by atoms with Gasteiger partial charge in [0, 0.05) is 39.1 Å². The van der Waals surface area contributed by atoms with Crippen LogP contribution >= 0.6 is 0 Å². The van der Waals surface area contributed by atoms with Gasteiger partial charge in [-0.15, -0.1) is 0 Å². The van der Waals surface area contributed by atoms with E-state index in [1.165, 1.54) is 30.4 Å². The van der Waals surface area contributed by atoms with E-state index in [-0.39, 0.29) is 0 Å². The Balaban J connectivity index is 1.76. The van der Waals surface area contributed by atoms with Crippen molar-refractivity contribution < 1.29 is 0 Å². The molecule has 0 amide bonds. The lowest BCUT2D eigenvalue weighted by atomic mass is 10.1. The van der Waals surface area contributed by atoms with Crippen molar-refractivity contribution in [1.29, 1.82) is 0 Å². The van der Waals surface area contributed by atoms with Crippen LogP contribution in [0.5, 0.6) is 0 Å². The van der Waals surface area contributed by atoms with Gasteiger partial charge in [0.15, 0.2) is 5.96 Å². The molecule has 0 radical (unpaired) electrons. The zero-order valence-corrected chi connectivity index (χ0v) is 14.1. The maximum Gasteiger partial charge on any atom is 0.191 e. The Morgan fingerprint density at radius 1 is 1.13 bits per heavy atom. The monoisotopic (exact) mass is 313 g/mol. The van der Waals surface area contributed by atoms with Gasteiger partial charge in [0.2, 0.25) is 0 Å². The summed E-state index contributed by atoms with van der Waals surface area (Å²) in [5, 5.41) is 6.70. The zero-order valence-electron chi connectivity index (χ0n) is 14.1. The van der Waals surface area contributed by atoms with E-state index in [2.05, 4.69) is 56.4 Å². The Kier molecular flexibility index (Phi) is 7.17. The molecule has 0 aliphatic carbocycles. The Morgan fingerprint density at radius 3 is 2.57 bits per heavy atom. The topological polar surface area (TPSA) is 54.2 Å². The third kappa shape index (κ3) is 6.14. The Hall–Kier alpha value is -2.30. The van der Waals surface area contributed by atoms with Crippen molar-refractivity contribution in [2.24, 2.45) is 4.99 Å². The quantitative estimate of drug-likeness (QED) is 0.448. The molecule has 2 rings (SSSR count). The van der Waals surface area contributed by atoms with E-state index in [0.717, 1.165) is 25.6 Å². The lowest BCUT2D eigenvalue weighted by molar-refractivity contribution is 0.683. The van der Waals surface area contributed by atoms with E-state index >= 15 is 0 Å². The molecular formula is C18H27N5. The van der Waals surface area contributed by atoms with Crippen LogP contribution in [-0.4, -0.2) is 29.1 Å². The normalized spacial score (nSPS) is 11.5. The lowest BCUT2D eigenvalue weighted by Crippen LogP contribution is -2.37. The molecule has 0 aliphatic rings. The van der Waals surface area contributed by atoms with Crippen LogP contribution in [0.1, 0.15) is 37.3 Å². The van der Waals surface area contributed by atoms with Crippen LogP contribution < -0.4 is 10.6 Å². The second kappa shape index (κ2) is 9.66. The van der Waals surface area contributed by atoms with Gasteiger partial charge < -0.3 is 15.2 Å². The summed E-state index contributed by atoms with van der Waals surface area (Å²) in [7, 11) is 1.81. The summed E-state index contributed by atoms with van der Waals surface area (Å²) in [6, 6.07) is 8.64. The second-order valence-electron chi connectivity index (χ2n) is 5.61. The van der Waals surface area contributed by atoms with Gasteiger partial charge in [-0.1, -0.05) is 44.0 Å². The minimum atomic E-state index is 0.777. The molecule has 5 heteroatoms. The molecule has 0 fully saturated rings. The molecule has 1 aromatic heterocycles. The lowest BCUT2D eigenvalue weighted by Gasteiger charge is -2.12. The van der Waals surface area contributed by atoms with Crippen molar-refractivity contribution in [2.75, 3.05) is 13.6 Å². The molecule has 0 unspecified atom stereocenters. The van der Waals surface area contributed by atoms with Crippen LogP contribution in [0.25, 0.3) is 0 Å². The number of hydrogen-bond donors (Lipinski definition) is 2. The van der Waals surface area contributed by atoms with Crippen LogP contribution in [0.2, 0.25) is 0 Å². The van der Waals surface area contributed by atoms with Crippen molar-refractivity contribution in [1.82, 2.24) is 20.2 Å². The molecule has 0 bridgehead atoms. The summed E-state index contributed by atoms with van der Waals surface area (Å²) in [5.74, 6) is 0.864. The van der Waals surface area contributed by atoms with Gasteiger partial charge in [-0.25, -0.2) is 4.98 Å². The standard InChI is InChI=1S/C18H27N5/c1-3-4-5-10-21-18(19-2)22-13-16-6-8-17(9-7-16)14-23-12-11-20-15-23/h6-9,11-12,15H,3-5,10,13-14H2,1-2H3,(H2,19,21,22). The van der Waals surface area contributed by atoms with E-state index in [1.54, 1.807) is 6.20 Å². The molecule has 0 saturated carbocycles. The Labute approximate surface area is 138 Å². The highest BCUT2D eigenvalue weighted by atomic mass is 15.2. The first kappa shape index (κ1) is 17.1. The first-order chi connectivity index (χ1) is 11.3. The van der Waals surface area contributed by atoms with Gasteiger partial charge in [-0.2, -0.15) is 0 Å². The van der Waals surface area contributed by atoms with Crippen molar-refractivity contribution in [3.05, 3.63) is 54.1 Å². The number of benzene rings is 1. The average molecular weight is 313 g/mol. The summed E-state index contributed by atoms with van der Waals surface area (Å²) >= 11 is 0. The molecule has 1 aromatic carbocycles. The number of hydrogen-bond acceptors (Lipinski definition) is 2. The van der Waals surface area contributed by atoms with Crippen LogP contribution in [0.3, 0.4) is 0 Å². The largest absolute Gasteiger partial charge is 0.356 e. The van der Waals surface area contributed by atoms with E-state index in [0.29, 0.717) is 0 Å². The zero-order chi connectivity index (χ0) is 16.3. The smallest absolute Gasteiger partial charge is 0.191 e. The van der Waals surface area contributed by atoms with Gasteiger partial charge in [0.25, 0.3) is 0 Å². The molecule has 2 N–H and O–H groups in total. The number of aromatic nitrogens is 2. The molecule has 5 nitrogen and oxygen atoms in total.